The molecule has 0 radical (unpaired) electrons. The van der Waals surface area contributed by atoms with Gasteiger partial charge in [-0.1, -0.05) is 13.8 Å². The van der Waals surface area contributed by atoms with E-state index >= 15 is 0 Å². The zero-order valence-electron chi connectivity index (χ0n) is 16.0. The summed E-state index contributed by atoms with van der Waals surface area (Å²) < 4.78 is 1.76. The molecule has 7 heteroatoms. The van der Waals surface area contributed by atoms with Crippen LogP contribution >= 0.6 is 0 Å². The minimum Gasteiger partial charge on any atom is -0.353 e. The fourth-order valence-corrected chi connectivity index (χ4v) is 4.63. The molecule has 2 aromatic heterocycles. The molecule has 0 unspecified atom stereocenters. The molecule has 0 spiro atoms. The Morgan fingerprint density at radius 1 is 1.19 bits per heavy atom. The quantitative estimate of drug-likeness (QED) is 0.860. The SMILES string of the molecule is CCC(CC)N1[C@@H]2CC[C@H]1CN(c1ccnc(Nc3cnn(C)c3)n1)C2. The first-order valence-corrected chi connectivity index (χ1v) is 9.79. The fraction of sp³-hybridized carbons (Fsp3) is 0.632. The van der Waals surface area contributed by atoms with Gasteiger partial charge in [-0.15, -0.1) is 0 Å². The second-order valence-corrected chi connectivity index (χ2v) is 7.47. The highest BCUT2D eigenvalue weighted by Crippen LogP contribution is 2.35. The highest BCUT2D eigenvalue weighted by atomic mass is 15.4. The second kappa shape index (κ2) is 7.23. The van der Waals surface area contributed by atoms with Crippen LogP contribution in [0.3, 0.4) is 0 Å². The van der Waals surface area contributed by atoms with Gasteiger partial charge in [0, 0.05) is 50.7 Å². The molecular formula is C19H29N7. The van der Waals surface area contributed by atoms with Crippen molar-refractivity contribution in [1.82, 2.24) is 24.6 Å². The Hall–Kier alpha value is -2.15. The number of anilines is 3. The first kappa shape index (κ1) is 17.3. The summed E-state index contributed by atoms with van der Waals surface area (Å²) in [5, 5.41) is 7.42. The van der Waals surface area contributed by atoms with E-state index in [4.69, 9.17) is 4.98 Å². The number of nitrogens with zero attached hydrogens (tertiary/aromatic N) is 6. The maximum absolute atomic E-state index is 4.76. The number of fused-ring (bicyclic) bond motifs is 2. The van der Waals surface area contributed by atoms with E-state index in [1.807, 2.05) is 25.5 Å². The van der Waals surface area contributed by atoms with Crippen molar-refractivity contribution in [2.45, 2.75) is 57.7 Å². The van der Waals surface area contributed by atoms with Crippen LogP contribution in [0.15, 0.2) is 24.7 Å². The van der Waals surface area contributed by atoms with Crippen molar-refractivity contribution in [3.05, 3.63) is 24.7 Å². The summed E-state index contributed by atoms with van der Waals surface area (Å²) in [5.41, 5.74) is 0.906. The molecule has 4 heterocycles. The summed E-state index contributed by atoms with van der Waals surface area (Å²) in [6.45, 7) is 6.77. The Labute approximate surface area is 155 Å². The van der Waals surface area contributed by atoms with Crippen molar-refractivity contribution in [3.63, 3.8) is 0 Å². The van der Waals surface area contributed by atoms with Crippen LogP contribution in [-0.2, 0) is 7.05 Å². The normalized spacial score (nSPS) is 23.0. The monoisotopic (exact) mass is 355 g/mol. The standard InChI is InChI=1S/C19H29N7/c1-4-15(5-2)26-16-6-7-17(26)13-25(12-16)18-8-9-20-19(23-18)22-14-10-21-24(3)11-14/h8-11,15-17H,4-7,12-13H2,1-3H3,(H,20,22,23)/t16-,17+. The van der Waals surface area contributed by atoms with Gasteiger partial charge in [-0.2, -0.15) is 10.1 Å². The highest BCUT2D eigenvalue weighted by Gasteiger charge is 2.42. The van der Waals surface area contributed by atoms with E-state index in [-0.39, 0.29) is 0 Å². The molecule has 2 aliphatic heterocycles. The van der Waals surface area contributed by atoms with Crippen molar-refractivity contribution in [2.75, 3.05) is 23.3 Å². The first-order chi connectivity index (χ1) is 12.7. The summed E-state index contributed by atoms with van der Waals surface area (Å²) in [6.07, 6.45) is 10.7. The van der Waals surface area contributed by atoms with Crippen molar-refractivity contribution in [2.24, 2.45) is 7.05 Å². The molecule has 4 rings (SSSR count). The Balaban J connectivity index is 1.48. The van der Waals surface area contributed by atoms with Crippen LogP contribution in [0.2, 0.25) is 0 Å². The van der Waals surface area contributed by atoms with Crippen molar-refractivity contribution in [1.29, 1.82) is 0 Å². The van der Waals surface area contributed by atoms with Gasteiger partial charge in [0.05, 0.1) is 11.9 Å². The highest BCUT2D eigenvalue weighted by molar-refractivity contribution is 5.53. The average Bonchev–Trinajstić information content (AvgIpc) is 3.16. The predicted molar refractivity (Wildman–Crippen MR) is 104 cm³/mol. The molecule has 0 aromatic carbocycles. The van der Waals surface area contributed by atoms with Gasteiger partial charge in [-0.05, 0) is 31.7 Å². The first-order valence-electron chi connectivity index (χ1n) is 9.79. The molecule has 2 fully saturated rings. The summed E-state index contributed by atoms with van der Waals surface area (Å²) in [4.78, 5) is 14.4. The topological polar surface area (TPSA) is 62.1 Å². The largest absolute Gasteiger partial charge is 0.353 e. The molecule has 7 nitrogen and oxygen atoms in total. The van der Waals surface area contributed by atoms with Gasteiger partial charge < -0.3 is 10.2 Å². The van der Waals surface area contributed by atoms with Gasteiger partial charge in [0.15, 0.2) is 0 Å². The summed E-state index contributed by atoms with van der Waals surface area (Å²) >= 11 is 0. The zero-order chi connectivity index (χ0) is 18.1. The molecular weight excluding hydrogens is 326 g/mol. The van der Waals surface area contributed by atoms with Crippen LogP contribution in [0, 0.1) is 0 Å². The molecule has 1 N–H and O–H groups in total. The lowest BCUT2D eigenvalue weighted by Gasteiger charge is -2.45. The predicted octanol–water partition coefficient (Wildman–Crippen LogP) is 2.80. The van der Waals surface area contributed by atoms with Crippen molar-refractivity contribution >= 4 is 17.5 Å². The molecule has 26 heavy (non-hydrogen) atoms. The van der Waals surface area contributed by atoms with Gasteiger partial charge in [0.2, 0.25) is 5.95 Å². The van der Waals surface area contributed by atoms with E-state index in [0.29, 0.717) is 18.0 Å². The number of aryl methyl sites for hydroxylation is 1. The van der Waals surface area contributed by atoms with E-state index in [1.54, 1.807) is 10.9 Å². The number of rotatable bonds is 6. The molecule has 0 aliphatic carbocycles. The Morgan fingerprint density at radius 3 is 2.54 bits per heavy atom. The Bertz CT molecular complexity index is 725. The minimum atomic E-state index is 0.630. The third-order valence-corrected chi connectivity index (χ3v) is 5.83. The second-order valence-electron chi connectivity index (χ2n) is 7.47. The minimum absolute atomic E-state index is 0.630. The van der Waals surface area contributed by atoms with Crippen LogP contribution in [0.25, 0.3) is 0 Å². The Morgan fingerprint density at radius 2 is 1.92 bits per heavy atom. The van der Waals surface area contributed by atoms with E-state index < -0.39 is 0 Å². The van der Waals surface area contributed by atoms with E-state index in [0.717, 1.165) is 30.6 Å². The number of piperazine rings is 1. The molecule has 0 amide bonds. The molecule has 0 saturated carbocycles. The maximum Gasteiger partial charge on any atom is 0.229 e. The van der Waals surface area contributed by atoms with Crippen LogP contribution in [-0.4, -0.2) is 55.9 Å². The van der Waals surface area contributed by atoms with Gasteiger partial charge in [-0.3, -0.25) is 9.58 Å². The fourth-order valence-electron chi connectivity index (χ4n) is 4.63. The molecule has 2 aromatic rings. The number of aromatic nitrogens is 4. The third-order valence-electron chi connectivity index (χ3n) is 5.83. The van der Waals surface area contributed by atoms with Crippen LogP contribution in [0.5, 0.6) is 0 Å². The van der Waals surface area contributed by atoms with Crippen LogP contribution < -0.4 is 10.2 Å². The van der Waals surface area contributed by atoms with Gasteiger partial charge in [0.25, 0.3) is 0 Å². The van der Waals surface area contributed by atoms with Crippen molar-refractivity contribution in [3.8, 4) is 0 Å². The Kier molecular flexibility index (Phi) is 4.80. The average molecular weight is 355 g/mol. The molecule has 140 valence electrons. The van der Waals surface area contributed by atoms with Gasteiger partial charge >= 0.3 is 0 Å². The maximum atomic E-state index is 4.76. The van der Waals surface area contributed by atoms with E-state index in [9.17, 15) is 0 Å². The number of hydrogen-bond acceptors (Lipinski definition) is 6. The lowest BCUT2D eigenvalue weighted by Crippen LogP contribution is -2.57. The van der Waals surface area contributed by atoms with Crippen molar-refractivity contribution < 1.29 is 0 Å². The van der Waals surface area contributed by atoms with Gasteiger partial charge in [0.1, 0.15) is 5.82 Å². The molecule has 2 bridgehead atoms. The van der Waals surface area contributed by atoms with Crippen LogP contribution in [0.1, 0.15) is 39.5 Å². The summed E-state index contributed by atoms with van der Waals surface area (Å²) in [6, 6.07) is 4.07. The molecule has 2 saturated heterocycles. The number of hydrogen-bond donors (Lipinski definition) is 1. The molecule has 2 aliphatic rings. The van der Waals surface area contributed by atoms with Gasteiger partial charge in [-0.25, -0.2) is 4.98 Å². The van der Waals surface area contributed by atoms with E-state index in [2.05, 4.69) is 39.0 Å². The third kappa shape index (κ3) is 3.28. The number of nitrogens with one attached hydrogen (secondary N) is 1. The van der Waals surface area contributed by atoms with Crippen LogP contribution in [0.4, 0.5) is 17.5 Å². The molecule has 2 atom stereocenters. The summed E-state index contributed by atoms with van der Waals surface area (Å²) in [5.74, 6) is 1.65. The lowest BCUT2D eigenvalue weighted by molar-refractivity contribution is 0.104. The van der Waals surface area contributed by atoms with E-state index in [1.165, 1.54) is 25.7 Å². The smallest absolute Gasteiger partial charge is 0.229 e. The zero-order valence-corrected chi connectivity index (χ0v) is 16.0. The lowest BCUT2D eigenvalue weighted by atomic mass is 10.0. The summed E-state index contributed by atoms with van der Waals surface area (Å²) in [7, 11) is 1.90.